The third-order valence-corrected chi connectivity index (χ3v) is 1.77. The molecule has 0 amide bonds. The second-order valence-electron chi connectivity index (χ2n) is 2.50. The molecule has 1 rings (SSSR count). The molecule has 0 saturated heterocycles. The highest BCUT2D eigenvalue weighted by Gasteiger charge is 2.16. The summed E-state index contributed by atoms with van der Waals surface area (Å²) in [6, 6.07) is 0. The number of ketones is 1. The van der Waals surface area contributed by atoms with Crippen LogP contribution < -0.4 is 0 Å². The second-order valence-corrected chi connectivity index (χ2v) is 2.71. The monoisotopic (exact) mass is 202 g/mol. The predicted octanol–water partition coefficient (Wildman–Crippen LogP) is 0.452. The van der Waals surface area contributed by atoms with E-state index in [2.05, 4.69) is 17.1 Å². The Morgan fingerprint density at radius 2 is 2.38 bits per heavy atom. The van der Waals surface area contributed by atoms with E-state index in [1.165, 1.54) is 6.08 Å². The van der Waals surface area contributed by atoms with Crippen molar-refractivity contribution in [2.45, 2.75) is 6.48 Å². The number of aliphatic hydroxyl groups is 1. The fourth-order valence-electron chi connectivity index (χ4n) is 0.921. The molecule has 5 heteroatoms. The standard InChI is InChI=1S/C8H10O4S/c9-7-4-2-1-3-6(7)5-11-8(10)12-13/h1-4,6,8,10,13H,5H2. The Morgan fingerprint density at radius 3 is 3.00 bits per heavy atom. The Hall–Kier alpha value is -0.620. The van der Waals surface area contributed by atoms with E-state index in [1.54, 1.807) is 18.2 Å². The first-order chi connectivity index (χ1) is 6.24. The molecule has 0 aliphatic heterocycles. The maximum atomic E-state index is 11.1. The molecular weight excluding hydrogens is 192 g/mol. The van der Waals surface area contributed by atoms with E-state index in [0.29, 0.717) is 0 Å². The molecule has 0 heterocycles. The molecule has 0 fully saturated rings. The quantitative estimate of drug-likeness (QED) is 0.395. The predicted molar refractivity (Wildman–Crippen MR) is 48.8 cm³/mol. The Balaban J connectivity index is 2.33. The van der Waals surface area contributed by atoms with Gasteiger partial charge in [0.05, 0.1) is 12.5 Å². The van der Waals surface area contributed by atoms with E-state index < -0.39 is 6.48 Å². The molecule has 0 radical (unpaired) electrons. The Kier molecular flexibility index (Phi) is 4.17. The van der Waals surface area contributed by atoms with Crippen LogP contribution in [0.5, 0.6) is 0 Å². The average Bonchev–Trinajstić information content (AvgIpc) is 2.16. The maximum Gasteiger partial charge on any atom is 0.279 e. The summed E-state index contributed by atoms with van der Waals surface area (Å²) in [4.78, 5) is 11.1. The topological polar surface area (TPSA) is 55.8 Å². The summed E-state index contributed by atoms with van der Waals surface area (Å²) in [5.41, 5.74) is 0. The van der Waals surface area contributed by atoms with E-state index in [0.717, 1.165) is 0 Å². The summed E-state index contributed by atoms with van der Waals surface area (Å²) < 4.78 is 8.90. The summed E-state index contributed by atoms with van der Waals surface area (Å²) in [6.07, 6.45) is 6.57. The molecule has 1 N–H and O–H groups in total. The summed E-state index contributed by atoms with van der Waals surface area (Å²) in [6.45, 7) is -1.31. The summed E-state index contributed by atoms with van der Waals surface area (Å²) in [5, 5.41) is 8.80. The number of carbonyl (C=O) groups is 1. The van der Waals surface area contributed by atoms with E-state index in [1.807, 2.05) is 0 Å². The lowest BCUT2D eigenvalue weighted by Gasteiger charge is -2.14. The number of carbonyl (C=O) groups excluding carboxylic acids is 1. The number of hydrogen-bond acceptors (Lipinski definition) is 5. The molecule has 1 aliphatic carbocycles. The maximum absolute atomic E-state index is 11.1. The van der Waals surface area contributed by atoms with Crippen LogP contribution in [0.1, 0.15) is 0 Å². The van der Waals surface area contributed by atoms with Gasteiger partial charge in [-0.3, -0.25) is 8.98 Å². The van der Waals surface area contributed by atoms with Crippen molar-refractivity contribution in [3.63, 3.8) is 0 Å². The van der Waals surface area contributed by atoms with Crippen LogP contribution in [0.25, 0.3) is 0 Å². The molecule has 0 aromatic rings. The molecule has 2 unspecified atom stereocenters. The normalized spacial score (nSPS) is 23.5. The molecule has 4 nitrogen and oxygen atoms in total. The van der Waals surface area contributed by atoms with Gasteiger partial charge in [-0.1, -0.05) is 18.2 Å². The molecule has 72 valence electrons. The van der Waals surface area contributed by atoms with E-state index in [4.69, 9.17) is 9.84 Å². The van der Waals surface area contributed by atoms with Gasteiger partial charge in [0.15, 0.2) is 5.78 Å². The highest BCUT2D eigenvalue weighted by molar-refractivity contribution is 7.75. The van der Waals surface area contributed by atoms with Crippen molar-refractivity contribution in [1.82, 2.24) is 0 Å². The van der Waals surface area contributed by atoms with Crippen LogP contribution in [-0.2, 0) is 13.7 Å². The van der Waals surface area contributed by atoms with Gasteiger partial charge in [-0.25, -0.2) is 0 Å². The number of allylic oxidation sites excluding steroid dienone is 3. The number of ether oxygens (including phenoxy) is 1. The molecule has 0 spiro atoms. The Labute approximate surface area is 81.5 Å². The zero-order valence-electron chi connectivity index (χ0n) is 6.79. The van der Waals surface area contributed by atoms with Crippen LogP contribution in [0.2, 0.25) is 0 Å². The van der Waals surface area contributed by atoms with E-state index in [-0.39, 0.29) is 18.3 Å². The molecule has 0 saturated carbocycles. The first kappa shape index (κ1) is 10.5. The summed E-state index contributed by atoms with van der Waals surface area (Å²) in [7, 11) is 0. The zero-order valence-corrected chi connectivity index (χ0v) is 7.68. The van der Waals surface area contributed by atoms with Crippen molar-refractivity contribution in [2.24, 2.45) is 5.92 Å². The number of aliphatic hydroxyl groups excluding tert-OH is 1. The molecule has 0 bridgehead atoms. The Morgan fingerprint density at radius 1 is 1.62 bits per heavy atom. The van der Waals surface area contributed by atoms with Crippen molar-refractivity contribution >= 4 is 18.7 Å². The van der Waals surface area contributed by atoms with E-state index in [9.17, 15) is 4.79 Å². The van der Waals surface area contributed by atoms with Gasteiger partial charge in [0.25, 0.3) is 6.48 Å². The van der Waals surface area contributed by atoms with Crippen molar-refractivity contribution in [2.75, 3.05) is 6.61 Å². The zero-order chi connectivity index (χ0) is 9.68. The van der Waals surface area contributed by atoms with Gasteiger partial charge in [-0.15, -0.1) is 0 Å². The molecule has 0 aromatic carbocycles. The molecule has 1 aliphatic rings. The SMILES string of the molecule is O=C1C=CC=CC1COC(O)OS. The van der Waals surface area contributed by atoms with Gasteiger partial charge in [0, 0.05) is 0 Å². The first-order valence-corrected chi connectivity index (χ1v) is 4.09. The van der Waals surface area contributed by atoms with Crippen LogP contribution in [0.4, 0.5) is 0 Å². The highest BCUT2D eigenvalue weighted by Crippen LogP contribution is 2.09. The minimum atomic E-state index is -1.39. The molecule has 0 aromatic heterocycles. The lowest BCUT2D eigenvalue weighted by atomic mass is 10.0. The van der Waals surface area contributed by atoms with Gasteiger partial charge < -0.3 is 9.84 Å². The molecular formula is C8H10O4S. The Bertz CT molecular complexity index is 236. The fraction of sp³-hybridized carbons (Fsp3) is 0.375. The van der Waals surface area contributed by atoms with Crippen LogP contribution >= 0.6 is 12.9 Å². The van der Waals surface area contributed by atoms with Gasteiger partial charge in [0.1, 0.15) is 0 Å². The third kappa shape index (κ3) is 3.31. The number of thiol groups is 1. The van der Waals surface area contributed by atoms with Crippen LogP contribution in [0, 0.1) is 5.92 Å². The van der Waals surface area contributed by atoms with Crippen molar-refractivity contribution in [3.8, 4) is 0 Å². The third-order valence-electron chi connectivity index (χ3n) is 1.59. The van der Waals surface area contributed by atoms with Gasteiger partial charge in [-0.2, -0.15) is 0 Å². The minimum Gasteiger partial charge on any atom is -0.345 e. The van der Waals surface area contributed by atoms with Gasteiger partial charge in [0.2, 0.25) is 0 Å². The summed E-state index contributed by atoms with van der Waals surface area (Å²) >= 11 is 3.34. The van der Waals surface area contributed by atoms with Gasteiger partial charge >= 0.3 is 0 Å². The molecule has 13 heavy (non-hydrogen) atoms. The number of hydrogen-bond donors (Lipinski definition) is 2. The lowest BCUT2D eigenvalue weighted by molar-refractivity contribution is -0.211. The highest BCUT2D eigenvalue weighted by atomic mass is 32.1. The summed E-state index contributed by atoms with van der Waals surface area (Å²) in [5.74, 6) is -0.392. The first-order valence-electron chi connectivity index (χ1n) is 3.72. The second kappa shape index (κ2) is 5.18. The van der Waals surface area contributed by atoms with Crippen LogP contribution in [0.15, 0.2) is 24.3 Å². The average molecular weight is 202 g/mol. The van der Waals surface area contributed by atoms with Crippen molar-refractivity contribution in [1.29, 1.82) is 0 Å². The fourth-order valence-corrected chi connectivity index (χ4v) is 0.982. The van der Waals surface area contributed by atoms with Crippen LogP contribution in [0.3, 0.4) is 0 Å². The van der Waals surface area contributed by atoms with Crippen molar-refractivity contribution in [3.05, 3.63) is 24.3 Å². The minimum absolute atomic E-state index is 0.0473. The lowest BCUT2D eigenvalue weighted by Crippen LogP contribution is -2.22. The molecule has 2 atom stereocenters. The van der Waals surface area contributed by atoms with Crippen LogP contribution in [-0.4, -0.2) is 24.0 Å². The van der Waals surface area contributed by atoms with Gasteiger partial charge in [-0.05, 0) is 19.0 Å². The van der Waals surface area contributed by atoms with E-state index >= 15 is 0 Å². The largest absolute Gasteiger partial charge is 0.345 e. The van der Waals surface area contributed by atoms with Crippen molar-refractivity contribution < 1.29 is 18.8 Å². The number of rotatable bonds is 4. The smallest absolute Gasteiger partial charge is 0.279 e.